The van der Waals surface area contributed by atoms with E-state index in [1.165, 1.54) is 6.92 Å². The molecule has 0 fully saturated rings. The number of hydrogen-bond acceptors (Lipinski definition) is 1. The summed E-state index contributed by atoms with van der Waals surface area (Å²) in [6.45, 7) is 6.90. The zero-order valence-corrected chi connectivity index (χ0v) is 13.4. The molecule has 1 heterocycles. The molecule has 98 valence electrons. The van der Waals surface area contributed by atoms with Gasteiger partial charge in [0.1, 0.15) is 0 Å². The molecule has 0 atom stereocenters. The Morgan fingerprint density at radius 1 is 1.29 bits per heavy atom. The fourth-order valence-electron chi connectivity index (χ4n) is 0.711. The van der Waals surface area contributed by atoms with Crippen LogP contribution >= 0.6 is 0 Å². The van der Waals surface area contributed by atoms with Gasteiger partial charge in [-0.3, -0.25) is 5.10 Å². The number of hydrogen-bond donors (Lipinski definition) is 1. The van der Waals surface area contributed by atoms with Gasteiger partial charge >= 0.3 is 0 Å². The molecule has 2 nitrogen and oxygen atoms in total. The summed E-state index contributed by atoms with van der Waals surface area (Å²) < 4.78 is 23.5. The van der Waals surface area contributed by atoms with Crippen LogP contribution < -0.4 is 0 Å². The minimum absolute atomic E-state index is 0. The third-order valence-corrected chi connectivity index (χ3v) is 1.66. The van der Waals surface area contributed by atoms with Gasteiger partial charge in [-0.25, -0.2) is 0 Å². The van der Waals surface area contributed by atoms with E-state index in [0.717, 1.165) is 5.57 Å². The third-order valence-electron chi connectivity index (χ3n) is 1.66. The van der Waals surface area contributed by atoms with Gasteiger partial charge in [0.25, 0.3) is 6.08 Å². The van der Waals surface area contributed by atoms with E-state index < -0.39 is 6.08 Å². The average Bonchev–Trinajstić information content (AvgIpc) is 2.71. The van der Waals surface area contributed by atoms with E-state index in [2.05, 4.69) is 16.8 Å². The van der Waals surface area contributed by atoms with E-state index in [-0.39, 0.29) is 34.1 Å². The van der Waals surface area contributed by atoms with Crippen LogP contribution in [0.25, 0.3) is 0 Å². The minimum Gasteiger partial charge on any atom is -0.358 e. The van der Waals surface area contributed by atoms with Crippen LogP contribution in [0.2, 0.25) is 0 Å². The number of halogens is 2. The van der Waals surface area contributed by atoms with Gasteiger partial charge in [0.05, 0.1) is 0 Å². The van der Waals surface area contributed by atoms with Gasteiger partial charge in [-0.1, -0.05) is 5.57 Å². The van der Waals surface area contributed by atoms with Crippen LogP contribution in [0.15, 0.2) is 42.3 Å². The summed E-state index contributed by atoms with van der Waals surface area (Å²) in [4.78, 5) is 0. The molecule has 1 aromatic heterocycles. The molecule has 0 aliphatic carbocycles. The first-order valence-corrected chi connectivity index (χ1v) is 4.63. The molecule has 5 heteroatoms. The second-order valence-corrected chi connectivity index (χ2v) is 3.26. The summed E-state index contributed by atoms with van der Waals surface area (Å²) in [5.74, 6) is 0. The smallest absolute Gasteiger partial charge is 0.269 e. The summed E-state index contributed by atoms with van der Waals surface area (Å²) in [5.41, 5.74) is 1.11. The van der Waals surface area contributed by atoms with Crippen molar-refractivity contribution in [1.29, 1.82) is 0 Å². The molecule has 0 amide bonds. The Labute approximate surface area is 116 Å². The van der Waals surface area contributed by atoms with Gasteiger partial charge in [0.2, 0.25) is 0 Å². The zero-order chi connectivity index (χ0) is 11.7. The van der Waals surface area contributed by atoms with Gasteiger partial charge in [-0.05, 0) is 38.3 Å². The van der Waals surface area contributed by atoms with E-state index in [1.54, 1.807) is 12.4 Å². The monoisotopic (exact) mass is 413 g/mol. The Hall–Kier alpha value is -0.762. The van der Waals surface area contributed by atoms with E-state index in [0.29, 0.717) is 12.8 Å². The predicted octanol–water partition coefficient (Wildman–Crippen LogP) is 4.37. The summed E-state index contributed by atoms with van der Waals surface area (Å²) in [5, 5.41) is 6.21. The van der Waals surface area contributed by atoms with Gasteiger partial charge in [0.15, 0.2) is 0 Å². The molecule has 0 spiro atoms. The van der Waals surface area contributed by atoms with E-state index in [1.807, 2.05) is 13.0 Å². The third kappa shape index (κ3) is 15.2. The van der Waals surface area contributed by atoms with Crippen LogP contribution in [-0.4, -0.2) is 10.2 Å². The summed E-state index contributed by atoms with van der Waals surface area (Å²) in [7, 11) is 0. The minimum atomic E-state index is -1.55. The quantitative estimate of drug-likeness (QED) is 0.579. The molecular weight excluding hydrogens is 394 g/mol. The first kappa shape index (κ1) is 21.5. The van der Waals surface area contributed by atoms with Gasteiger partial charge in [-0.2, -0.15) is 13.9 Å². The molecule has 0 aliphatic heterocycles. The van der Waals surface area contributed by atoms with Crippen molar-refractivity contribution >= 4 is 0 Å². The SMILES string of the molecule is C=C(C)CCC(C)=C(F)F.[CH3-].[W].c1cn[nH]c1. The topological polar surface area (TPSA) is 28.7 Å². The fourth-order valence-corrected chi connectivity index (χ4v) is 0.711. The van der Waals surface area contributed by atoms with Crippen molar-refractivity contribution in [3.63, 3.8) is 0 Å². The Balaban J connectivity index is -0.000000238. The average molecular weight is 413 g/mol. The Morgan fingerprint density at radius 2 is 1.88 bits per heavy atom. The molecule has 0 aliphatic rings. The van der Waals surface area contributed by atoms with Gasteiger partial charge in [0, 0.05) is 33.5 Å². The maximum atomic E-state index is 11.7. The molecule has 0 saturated heterocycles. The number of H-pyrrole nitrogens is 1. The number of allylic oxidation sites excluding steroid dienone is 2. The molecular formula is C12H19F2N2W-. The predicted molar refractivity (Wildman–Crippen MR) is 64.0 cm³/mol. The maximum Gasteiger partial charge on any atom is 0.269 e. The van der Waals surface area contributed by atoms with Crippen LogP contribution in [0, 0.1) is 7.43 Å². The van der Waals surface area contributed by atoms with E-state index >= 15 is 0 Å². The van der Waals surface area contributed by atoms with Crippen molar-refractivity contribution in [3.8, 4) is 0 Å². The standard InChI is InChI=1S/C8H12F2.C3H4N2.CH3.W/c1-6(2)4-5-7(3)8(9)10;1-2-4-5-3-1;;/h1,4-5H2,2-3H3;1-3H,(H,4,5);1H3;/q;;-1;. The van der Waals surface area contributed by atoms with E-state index in [4.69, 9.17) is 0 Å². The molecule has 1 aromatic rings. The number of nitrogens with one attached hydrogen (secondary N) is 1. The first-order chi connectivity index (χ1) is 7.04. The van der Waals surface area contributed by atoms with Crippen LogP contribution in [-0.2, 0) is 21.1 Å². The van der Waals surface area contributed by atoms with Crippen molar-refractivity contribution in [1.82, 2.24) is 10.2 Å². The number of aromatic amines is 1. The van der Waals surface area contributed by atoms with Crippen molar-refractivity contribution < 1.29 is 29.8 Å². The van der Waals surface area contributed by atoms with E-state index in [9.17, 15) is 8.78 Å². The van der Waals surface area contributed by atoms with Crippen LogP contribution in [0.4, 0.5) is 8.78 Å². The molecule has 1 N–H and O–H groups in total. The Bertz CT molecular complexity index is 287. The Kier molecular flexibility index (Phi) is 16.8. The second-order valence-electron chi connectivity index (χ2n) is 3.26. The van der Waals surface area contributed by atoms with Crippen molar-refractivity contribution in [2.24, 2.45) is 0 Å². The zero-order valence-electron chi connectivity index (χ0n) is 10.5. The number of aromatic nitrogens is 2. The molecule has 17 heavy (non-hydrogen) atoms. The van der Waals surface area contributed by atoms with Crippen LogP contribution in [0.5, 0.6) is 0 Å². The van der Waals surface area contributed by atoms with Crippen molar-refractivity contribution in [3.05, 3.63) is 49.7 Å². The Morgan fingerprint density at radius 3 is 2.12 bits per heavy atom. The second kappa shape index (κ2) is 13.3. The molecule has 0 aromatic carbocycles. The summed E-state index contributed by atoms with van der Waals surface area (Å²) in [6, 6.07) is 1.83. The first-order valence-electron chi connectivity index (χ1n) is 4.63. The number of nitrogens with zero attached hydrogens (tertiary/aromatic N) is 1. The normalized spacial score (nSPS) is 7.76. The maximum absolute atomic E-state index is 11.7. The van der Waals surface area contributed by atoms with Crippen LogP contribution in [0.1, 0.15) is 26.7 Å². The molecule has 0 radical (unpaired) electrons. The van der Waals surface area contributed by atoms with Gasteiger partial charge < -0.3 is 7.43 Å². The fraction of sp³-hybridized carbons (Fsp3) is 0.333. The van der Waals surface area contributed by atoms with Crippen LogP contribution in [0.3, 0.4) is 0 Å². The number of rotatable bonds is 3. The van der Waals surface area contributed by atoms with Crippen molar-refractivity contribution in [2.75, 3.05) is 0 Å². The summed E-state index contributed by atoms with van der Waals surface area (Å²) in [6.07, 6.45) is 2.99. The molecule has 0 bridgehead atoms. The molecule has 0 saturated carbocycles. The molecule has 0 unspecified atom stereocenters. The largest absolute Gasteiger partial charge is 0.358 e. The van der Waals surface area contributed by atoms with Gasteiger partial charge in [-0.15, -0.1) is 6.58 Å². The van der Waals surface area contributed by atoms with Crippen molar-refractivity contribution in [2.45, 2.75) is 26.7 Å². The summed E-state index contributed by atoms with van der Waals surface area (Å²) >= 11 is 0. The molecule has 1 rings (SSSR count).